The molecule has 1 fully saturated rings. The van der Waals surface area contributed by atoms with Crippen LogP contribution in [-0.2, 0) is 11.2 Å². The Morgan fingerprint density at radius 3 is 2.56 bits per heavy atom. The number of rotatable bonds is 2. The van der Waals surface area contributed by atoms with Crippen molar-refractivity contribution in [2.24, 2.45) is 5.92 Å². The molecule has 0 spiro atoms. The highest BCUT2D eigenvalue weighted by atomic mass is 16.2. The molecule has 5 heteroatoms. The topological polar surface area (TPSA) is 52.7 Å². The third-order valence-corrected chi connectivity index (χ3v) is 5.46. The fraction of sp³-hybridized carbons (Fsp3) is 0.364. The molecule has 5 nitrogen and oxygen atoms in total. The van der Waals surface area contributed by atoms with Crippen LogP contribution in [0, 0.1) is 5.92 Å². The molecular weight excluding hydrogens is 338 g/mol. The van der Waals surface area contributed by atoms with Gasteiger partial charge >= 0.3 is 6.03 Å². The van der Waals surface area contributed by atoms with Crippen molar-refractivity contribution in [1.82, 2.24) is 4.90 Å². The Balaban J connectivity index is 1.44. The summed E-state index contributed by atoms with van der Waals surface area (Å²) in [4.78, 5) is 29.5. The molecule has 4 rings (SSSR count). The van der Waals surface area contributed by atoms with Crippen molar-refractivity contribution >= 4 is 23.3 Å². The Morgan fingerprint density at radius 1 is 0.926 bits per heavy atom. The standard InChI is InChI=1S/C22H25N3O2/c26-21(25-15-7-9-17-8-4-5-13-20(17)25)18-10-6-14-24(16-18)22(27)23-19-11-2-1-3-12-19/h1-5,8,11-13,18H,6-7,9-10,14-16H2,(H,23,27). The Bertz CT molecular complexity index is 821. The van der Waals surface area contributed by atoms with Crippen molar-refractivity contribution in [3.8, 4) is 0 Å². The van der Waals surface area contributed by atoms with Gasteiger partial charge < -0.3 is 15.1 Å². The maximum atomic E-state index is 13.2. The summed E-state index contributed by atoms with van der Waals surface area (Å²) in [7, 11) is 0. The van der Waals surface area contributed by atoms with Crippen LogP contribution in [0.25, 0.3) is 0 Å². The van der Waals surface area contributed by atoms with Crippen LogP contribution in [0.3, 0.4) is 0 Å². The van der Waals surface area contributed by atoms with E-state index in [0.717, 1.165) is 43.6 Å². The van der Waals surface area contributed by atoms with Crippen LogP contribution in [-0.4, -0.2) is 36.5 Å². The number of para-hydroxylation sites is 2. The summed E-state index contributed by atoms with van der Waals surface area (Å²) < 4.78 is 0. The van der Waals surface area contributed by atoms with Crippen LogP contribution in [0.2, 0.25) is 0 Å². The van der Waals surface area contributed by atoms with E-state index in [9.17, 15) is 9.59 Å². The lowest BCUT2D eigenvalue weighted by Gasteiger charge is -2.37. The Labute approximate surface area is 160 Å². The molecule has 27 heavy (non-hydrogen) atoms. The predicted octanol–water partition coefficient (Wildman–Crippen LogP) is 3.91. The van der Waals surface area contributed by atoms with Crippen molar-refractivity contribution in [2.45, 2.75) is 25.7 Å². The van der Waals surface area contributed by atoms with E-state index in [1.807, 2.05) is 53.4 Å². The van der Waals surface area contributed by atoms with Gasteiger partial charge in [-0.05, 0) is 49.4 Å². The number of hydrogen-bond acceptors (Lipinski definition) is 2. The van der Waals surface area contributed by atoms with Crippen LogP contribution >= 0.6 is 0 Å². The summed E-state index contributed by atoms with van der Waals surface area (Å²) in [6, 6.07) is 17.5. The summed E-state index contributed by atoms with van der Waals surface area (Å²) >= 11 is 0. The number of piperidine rings is 1. The molecule has 0 bridgehead atoms. The Kier molecular flexibility index (Phi) is 5.10. The lowest BCUT2D eigenvalue weighted by Crippen LogP contribution is -2.49. The van der Waals surface area contributed by atoms with Crippen molar-refractivity contribution in [1.29, 1.82) is 0 Å². The molecule has 2 aromatic carbocycles. The number of anilines is 2. The second-order valence-corrected chi connectivity index (χ2v) is 7.30. The minimum atomic E-state index is -0.133. The first-order valence-electron chi connectivity index (χ1n) is 9.72. The molecule has 1 unspecified atom stereocenters. The quantitative estimate of drug-likeness (QED) is 0.879. The number of urea groups is 1. The van der Waals surface area contributed by atoms with Crippen LogP contribution in [0.4, 0.5) is 16.2 Å². The maximum Gasteiger partial charge on any atom is 0.321 e. The molecule has 1 N–H and O–H groups in total. The summed E-state index contributed by atoms with van der Waals surface area (Å²) in [5.41, 5.74) is 3.06. The zero-order valence-electron chi connectivity index (χ0n) is 15.4. The maximum absolute atomic E-state index is 13.2. The van der Waals surface area contributed by atoms with Crippen molar-refractivity contribution in [3.05, 3.63) is 60.2 Å². The molecule has 1 saturated heterocycles. The number of fused-ring (bicyclic) bond motifs is 1. The van der Waals surface area contributed by atoms with Gasteiger partial charge in [-0.3, -0.25) is 4.79 Å². The number of amides is 3. The zero-order valence-corrected chi connectivity index (χ0v) is 15.4. The predicted molar refractivity (Wildman–Crippen MR) is 107 cm³/mol. The van der Waals surface area contributed by atoms with Gasteiger partial charge in [-0.2, -0.15) is 0 Å². The molecule has 1 atom stereocenters. The van der Waals surface area contributed by atoms with Gasteiger partial charge in [0.15, 0.2) is 0 Å². The Morgan fingerprint density at radius 2 is 1.70 bits per heavy atom. The number of hydrogen-bond donors (Lipinski definition) is 1. The highest BCUT2D eigenvalue weighted by Crippen LogP contribution is 2.30. The van der Waals surface area contributed by atoms with Crippen LogP contribution in [0.5, 0.6) is 0 Å². The van der Waals surface area contributed by atoms with Gasteiger partial charge in [0.05, 0.1) is 5.92 Å². The van der Waals surface area contributed by atoms with E-state index in [2.05, 4.69) is 11.4 Å². The van der Waals surface area contributed by atoms with Crippen LogP contribution < -0.4 is 10.2 Å². The van der Waals surface area contributed by atoms with Gasteiger partial charge in [0.25, 0.3) is 0 Å². The summed E-state index contributed by atoms with van der Waals surface area (Å²) in [5, 5.41) is 2.93. The van der Waals surface area contributed by atoms with Gasteiger partial charge in [-0.15, -0.1) is 0 Å². The molecule has 2 heterocycles. The van der Waals surface area contributed by atoms with E-state index in [-0.39, 0.29) is 17.9 Å². The molecule has 2 aliphatic rings. The Hall–Kier alpha value is -2.82. The number of nitrogens with zero attached hydrogens (tertiary/aromatic N) is 2. The van der Waals surface area contributed by atoms with E-state index in [4.69, 9.17) is 0 Å². The number of benzene rings is 2. The molecule has 2 aliphatic heterocycles. The van der Waals surface area contributed by atoms with E-state index in [1.165, 1.54) is 5.56 Å². The third-order valence-electron chi connectivity index (χ3n) is 5.46. The summed E-state index contributed by atoms with van der Waals surface area (Å²) in [6.45, 7) is 1.94. The fourth-order valence-corrected chi connectivity index (χ4v) is 4.07. The summed E-state index contributed by atoms with van der Waals surface area (Å²) in [5.74, 6) is 0.0193. The smallest absolute Gasteiger partial charge is 0.321 e. The van der Waals surface area contributed by atoms with Crippen LogP contribution in [0.1, 0.15) is 24.8 Å². The zero-order chi connectivity index (χ0) is 18.6. The lowest BCUT2D eigenvalue weighted by atomic mass is 9.94. The monoisotopic (exact) mass is 363 g/mol. The first-order chi connectivity index (χ1) is 13.2. The van der Waals surface area contributed by atoms with Crippen molar-refractivity contribution < 1.29 is 9.59 Å². The van der Waals surface area contributed by atoms with Crippen LogP contribution in [0.15, 0.2) is 54.6 Å². The number of nitrogens with one attached hydrogen (secondary N) is 1. The van der Waals surface area contributed by atoms with Gasteiger partial charge in [-0.1, -0.05) is 36.4 Å². The molecule has 0 aromatic heterocycles. The molecular formula is C22H25N3O2. The molecule has 0 radical (unpaired) electrons. The molecule has 2 aromatic rings. The van der Waals surface area contributed by atoms with Gasteiger partial charge in [0, 0.05) is 31.0 Å². The molecule has 140 valence electrons. The van der Waals surface area contributed by atoms with E-state index in [0.29, 0.717) is 13.1 Å². The second-order valence-electron chi connectivity index (χ2n) is 7.30. The number of carbonyl (C=O) groups is 2. The highest BCUT2D eigenvalue weighted by molar-refractivity contribution is 5.97. The number of carbonyl (C=O) groups excluding carboxylic acids is 2. The van der Waals surface area contributed by atoms with Gasteiger partial charge in [-0.25, -0.2) is 4.79 Å². The van der Waals surface area contributed by atoms with E-state index >= 15 is 0 Å². The minimum absolute atomic E-state index is 0.127. The fourth-order valence-electron chi connectivity index (χ4n) is 4.07. The number of likely N-dealkylation sites (tertiary alicyclic amines) is 1. The minimum Gasteiger partial charge on any atom is -0.324 e. The van der Waals surface area contributed by atoms with Gasteiger partial charge in [0.1, 0.15) is 0 Å². The van der Waals surface area contributed by atoms with Crippen molar-refractivity contribution in [3.63, 3.8) is 0 Å². The van der Waals surface area contributed by atoms with Gasteiger partial charge in [0.2, 0.25) is 5.91 Å². The molecule has 3 amide bonds. The molecule has 0 aliphatic carbocycles. The summed E-state index contributed by atoms with van der Waals surface area (Å²) in [6.07, 6.45) is 3.71. The highest BCUT2D eigenvalue weighted by Gasteiger charge is 2.33. The first kappa shape index (κ1) is 17.6. The third kappa shape index (κ3) is 3.82. The van der Waals surface area contributed by atoms with E-state index in [1.54, 1.807) is 4.90 Å². The lowest BCUT2D eigenvalue weighted by molar-refractivity contribution is -0.123. The average Bonchev–Trinajstić information content (AvgIpc) is 2.73. The van der Waals surface area contributed by atoms with E-state index < -0.39 is 0 Å². The SMILES string of the molecule is O=C(Nc1ccccc1)N1CCCC(C(=O)N2CCCc3ccccc32)C1. The average molecular weight is 363 g/mol. The largest absolute Gasteiger partial charge is 0.324 e. The number of aryl methyl sites for hydroxylation is 1. The normalized spacial score (nSPS) is 19.3. The second kappa shape index (κ2) is 7.82. The van der Waals surface area contributed by atoms with Crippen molar-refractivity contribution in [2.75, 3.05) is 29.9 Å². The first-order valence-corrected chi connectivity index (χ1v) is 9.72. The molecule has 0 saturated carbocycles.